The standard InChI is InChI=1S/C24H28N4O4/c1-24(2,3)32-23(31)26-20(13-16-9-5-4-6-10-16)22(30)28-27-21(29)14-17-15-25-19-12-8-7-11-18(17)19/h4-12,15,20,25H,13-14H2,1-3H3,(H,26,31)(H,27,29)(H,28,30)/t20-/m0/s1. The quantitative estimate of drug-likeness (QED) is 0.445. The van der Waals surface area contributed by atoms with Crippen LogP contribution in [0, 0.1) is 0 Å². The molecule has 1 heterocycles. The van der Waals surface area contributed by atoms with Crippen LogP contribution in [-0.2, 0) is 27.2 Å². The lowest BCUT2D eigenvalue weighted by atomic mass is 10.1. The van der Waals surface area contributed by atoms with Gasteiger partial charge in [0.05, 0.1) is 6.42 Å². The minimum Gasteiger partial charge on any atom is -0.444 e. The van der Waals surface area contributed by atoms with Crippen molar-refractivity contribution in [3.8, 4) is 0 Å². The van der Waals surface area contributed by atoms with E-state index in [4.69, 9.17) is 4.74 Å². The molecule has 8 nitrogen and oxygen atoms in total. The third-order valence-electron chi connectivity index (χ3n) is 4.64. The van der Waals surface area contributed by atoms with Crippen molar-refractivity contribution in [3.05, 3.63) is 71.9 Å². The lowest BCUT2D eigenvalue weighted by Crippen LogP contribution is -2.54. The fourth-order valence-corrected chi connectivity index (χ4v) is 3.22. The number of amides is 3. The Morgan fingerprint density at radius 1 is 0.969 bits per heavy atom. The second kappa shape index (κ2) is 10.00. The van der Waals surface area contributed by atoms with Gasteiger partial charge in [-0.3, -0.25) is 20.4 Å². The van der Waals surface area contributed by atoms with Crippen molar-refractivity contribution in [2.24, 2.45) is 0 Å². The van der Waals surface area contributed by atoms with E-state index in [1.807, 2.05) is 54.6 Å². The molecule has 0 fully saturated rings. The summed E-state index contributed by atoms with van der Waals surface area (Å²) in [6, 6.07) is 16.0. The number of hydrogen-bond donors (Lipinski definition) is 4. The van der Waals surface area contributed by atoms with E-state index >= 15 is 0 Å². The average molecular weight is 437 g/mol. The summed E-state index contributed by atoms with van der Waals surface area (Å²) in [6.07, 6.45) is 1.39. The number of nitrogens with one attached hydrogen (secondary N) is 4. The van der Waals surface area contributed by atoms with E-state index in [2.05, 4.69) is 21.2 Å². The van der Waals surface area contributed by atoms with Gasteiger partial charge in [-0.05, 0) is 38.0 Å². The summed E-state index contributed by atoms with van der Waals surface area (Å²) in [5.41, 5.74) is 6.75. The molecule has 168 valence electrons. The number of para-hydroxylation sites is 1. The van der Waals surface area contributed by atoms with Crippen LogP contribution in [0.1, 0.15) is 31.9 Å². The van der Waals surface area contributed by atoms with E-state index in [1.165, 1.54) is 0 Å². The lowest BCUT2D eigenvalue weighted by Gasteiger charge is -2.23. The highest BCUT2D eigenvalue weighted by Crippen LogP contribution is 2.17. The predicted octanol–water partition coefficient (Wildman–Crippen LogP) is 2.99. The van der Waals surface area contributed by atoms with Crippen molar-refractivity contribution in [3.63, 3.8) is 0 Å². The zero-order chi connectivity index (χ0) is 23.1. The van der Waals surface area contributed by atoms with E-state index in [1.54, 1.807) is 27.0 Å². The molecule has 4 N–H and O–H groups in total. The summed E-state index contributed by atoms with van der Waals surface area (Å²) in [5.74, 6) is -0.925. The topological polar surface area (TPSA) is 112 Å². The van der Waals surface area contributed by atoms with Gasteiger partial charge < -0.3 is 15.0 Å². The smallest absolute Gasteiger partial charge is 0.408 e. The molecule has 0 radical (unpaired) electrons. The molecule has 1 atom stereocenters. The summed E-state index contributed by atoms with van der Waals surface area (Å²) < 4.78 is 5.27. The van der Waals surface area contributed by atoms with Gasteiger partial charge in [0.25, 0.3) is 5.91 Å². The molecule has 32 heavy (non-hydrogen) atoms. The maximum Gasteiger partial charge on any atom is 0.408 e. The maximum atomic E-state index is 12.8. The highest BCUT2D eigenvalue weighted by Gasteiger charge is 2.25. The van der Waals surface area contributed by atoms with Gasteiger partial charge in [-0.2, -0.15) is 0 Å². The molecule has 0 bridgehead atoms. The Hall–Kier alpha value is -3.81. The fourth-order valence-electron chi connectivity index (χ4n) is 3.22. The number of H-pyrrole nitrogens is 1. The number of fused-ring (bicyclic) bond motifs is 1. The fraction of sp³-hybridized carbons (Fsp3) is 0.292. The number of hydrogen-bond acceptors (Lipinski definition) is 4. The first kappa shape index (κ1) is 22.9. The van der Waals surface area contributed by atoms with Crippen molar-refractivity contribution in [1.82, 2.24) is 21.2 Å². The van der Waals surface area contributed by atoms with Gasteiger partial charge in [0.1, 0.15) is 11.6 Å². The van der Waals surface area contributed by atoms with E-state index in [0.717, 1.165) is 22.0 Å². The van der Waals surface area contributed by atoms with Crippen LogP contribution in [0.25, 0.3) is 10.9 Å². The number of ether oxygens (including phenoxy) is 1. The molecule has 0 unspecified atom stereocenters. The third-order valence-corrected chi connectivity index (χ3v) is 4.64. The number of carbonyl (C=O) groups is 3. The number of rotatable bonds is 6. The minimum absolute atomic E-state index is 0.0904. The molecule has 2 aromatic carbocycles. The van der Waals surface area contributed by atoms with Crippen LogP contribution >= 0.6 is 0 Å². The van der Waals surface area contributed by atoms with Gasteiger partial charge in [-0.1, -0.05) is 48.5 Å². The highest BCUT2D eigenvalue weighted by molar-refractivity contribution is 5.91. The monoisotopic (exact) mass is 436 g/mol. The van der Waals surface area contributed by atoms with E-state index in [-0.39, 0.29) is 18.7 Å². The van der Waals surface area contributed by atoms with Crippen LogP contribution in [0.5, 0.6) is 0 Å². The van der Waals surface area contributed by atoms with Gasteiger partial charge in [-0.15, -0.1) is 0 Å². The number of carbonyl (C=O) groups excluding carboxylic acids is 3. The number of alkyl carbamates (subject to hydrolysis) is 1. The SMILES string of the molecule is CC(C)(C)OC(=O)N[C@@H](Cc1ccccc1)C(=O)NNC(=O)Cc1c[nH]c2ccccc12. The highest BCUT2D eigenvalue weighted by atomic mass is 16.6. The molecule has 0 aliphatic rings. The molecular formula is C24H28N4O4. The van der Waals surface area contributed by atoms with Crippen LogP contribution in [0.15, 0.2) is 60.8 Å². The van der Waals surface area contributed by atoms with Crippen LogP contribution in [0.2, 0.25) is 0 Å². The average Bonchev–Trinajstić information content (AvgIpc) is 3.14. The molecule has 0 saturated heterocycles. The van der Waals surface area contributed by atoms with Gasteiger partial charge in [0.2, 0.25) is 5.91 Å². The van der Waals surface area contributed by atoms with Crippen LogP contribution in [0.3, 0.4) is 0 Å². The summed E-state index contributed by atoms with van der Waals surface area (Å²) in [7, 11) is 0. The zero-order valence-corrected chi connectivity index (χ0v) is 18.4. The number of aromatic nitrogens is 1. The Bertz CT molecular complexity index is 1090. The molecule has 3 rings (SSSR count). The molecule has 3 aromatic rings. The Kier molecular flexibility index (Phi) is 7.14. The summed E-state index contributed by atoms with van der Waals surface area (Å²) in [4.78, 5) is 40.5. The van der Waals surface area contributed by atoms with Crippen molar-refractivity contribution < 1.29 is 19.1 Å². The van der Waals surface area contributed by atoms with Gasteiger partial charge >= 0.3 is 6.09 Å². The Labute approximate surface area is 186 Å². The second-order valence-electron chi connectivity index (χ2n) is 8.46. The van der Waals surface area contributed by atoms with E-state index < -0.39 is 23.6 Å². The summed E-state index contributed by atoms with van der Waals surface area (Å²) in [5, 5.41) is 3.53. The normalized spacial score (nSPS) is 12.1. The molecule has 1 aromatic heterocycles. The van der Waals surface area contributed by atoms with Crippen molar-refractivity contribution in [2.75, 3.05) is 0 Å². The Morgan fingerprint density at radius 3 is 2.38 bits per heavy atom. The lowest BCUT2D eigenvalue weighted by molar-refractivity contribution is -0.129. The van der Waals surface area contributed by atoms with Crippen molar-refractivity contribution >= 4 is 28.8 Å². The predicted molar refractivity (Wildman–Crippen MR) is 122 cm³/mol. The second-order valence-corrected chi connectivity index (χ2v) is 8.46. The Morgan fingerprint density at radius 2 is 1.66 bits per heavy atom. The summed E-state index contributed by atoms with van der Waals surface area (Å²) in [6.45, 7) is 5.22. The maximum absolute atomic E-state index is 12.8. The molecular weight excluding hydrogens is 408 g/mol. The van der Waals surface area contributed by atoms with Crippen LogP contribution in [-0.4, -0.2) is 34.5 Å². The molecule has 0 spiro atoms. The molecule has 3 amide bonds. The van der Waals surface area contributed by atoms with Gasteiger partial charge in [0.15, 0.2) is 0 Å². The van der Waals surface area contributed by atoms with E-state index in [0.29, 0.717) is 0 Å². The van der Waals surface area contributed by atoms with E-state index in [9.17, 15) is 14.4 Å². The van der Waals surface area contributed by atoms with Crippen molar-refractivity contribution in [1.29, 1.82) is 0 Å². The van der Waals surface area contributed by atoms with Gasteiger partial charge in [-0.25, -0.2) is 4.79 Å². The molecule has 0 aliphatic heterocycles. The van der Waals surface area contributed by atoms with Gasteiger partial charge in [0, 0.05) is 23.5 Å². The van der Waals surface area contributed by atoms with Crippen LogP contribution < -0.4 is 16.2 Å². The first-order valence-corrected chi connectivity index (χ1v) is 10.4. The minimum atomic E-state index is -0.930. The Balaban J connectivity index is 1.61. The zero-order valence-electron chi connectivity index (χ0n) is 18.4. The first-order valence-electron chi connectivity index (χ1n) is 10.4. The third kappa shape index (κ3) is 6.60. The molecule has 0 aliphatic carbocycles. The van der Waals surface area contributed by atoms with Crippen molar-refractivity contribution in [2.45, 2.75) is 45.3 Å². The number of hydrazine groups is 1. The van der Waals surface area contributed by atoms with Crippen LogP contribution in [0.4, 0.5) is 4.79 Å². The summed E-state index contributed by atoms with van der Waals surface area (Å²) >= 11 is 0. The molecule has 0 saturated carbocycles. The molecule has 8 heteroatoms. The number of benzene rings is 2. The largest absolute Gasteiger partial charge is 0.444 e. The first-order chi connectivity index (χ1) is 15.2. The number of aromatic amines is 1.